The van der Waals surface area contributed by atoms with Crippen LogP contribution < -0.4 is 0 Å². The summed E-state index contributed by atoms with van der Waals surface area (Å²) in [7, 11) is 0. The molecule has 0 aliphatic rings. The summed E-state index contributed by atoms with van der Waals surface area (Å²) >= 11 is 3.06. The van der Waals surface area contributed by atoms with Gasteiger partial charge in [-0.05, 0) is 22.0 Å². The zero-order chi connectivity index (χ0) is 9.42. The molecule has 2 aromatic rings. The van der Waals surface area contributed by atoms with Gasteiger partial charge in [-0.2, -0.15) is 0 Å². The van der Waals surface area contributed by atoms with Gasteiger partial charge in [0, 0.05) is 6.07 Å². The summed E-state index contributed by atoms with van der Waals surface area (Å²) in [6.07, 6.45) is 0. The fourth-order valence-corrected chi connectivity index (χ4v) is 1.46. The Morgan fingerprint density at radius 3 is 3.00 bits per heavy atom. The molecule has 0 saturated heterocycles. The quantitative estimate of drug-likeness (QED) is 0.806. The highest BCUT2D eigenvalue weighted by atomic mass is 79.9. The van der Waals surface area contributed by atoms with E-state index >= 15 is 0 Å². The number of halogens is 2. The van der Waals surface area contributed by atoms with E-state index in [-0.39, 0.29) is 12.4 Å². The van der Waals surface area contributed by atoms with Gasteiger partial charge < -0.3 is 10.1 Å². The summed E-state index contributed by atoms with van der Waals surface area (Å²) in [5, 5.41) is 8.78. The number of H-pyrrole nitrogens is 1. The minimum absolute atomic E-state index is 0.173. The molecule has 0 fully saturated rings. The average Bonchev–Trinajstić information content (AvgIpc) is 2.48. The van der Waals surface area contributed by atoms with Crippen LogP contribution in [-0.2, 0) is 6.61 Å². The summed E-state index contributed by atoms with van der Waals surface area (Å²) in [4.78, 5) is 6.82. The van der Waals surface area contributed by atoms with Gasteiger partial charge in [0.1, 0.15) is 18.2 Å². The van der Waals surface area contributed by atoms with Crippen molar-refractivity contribution in [2.75, 3.05) is 0 Å². The van der Waals surface area contributed by atoms with Crippen LogP contribution in [0.2, 0.25) is 0 Å². The maximum absolute atomic E-state index is 13.0. The normalized spacial score (nSPS) is 11.0. The Hall–Kier alpha value is -0.940. The largest absolute Gasteiger partial charge is 0.388 e. The number of imidazole rings is 1. The SMILES string of the molecule is OCc1nc2cc(Br)c(F)cc2[nH]1. The lowest BCUT2D eigenvalue weighted by Gasteiger charge is -1.92. The Morgan fingerprint density at radius 1 is 1.54 bits per heavy atom. The van der Waals surface area contributed by atoms with E-state index in [9.17, 15) is 4.39 Å². The van der Waals surface area contributed by atoms with Crippen LogP contribution in [0.5, 0.6) is 0 Å². The van der Waals surface area contributed by atoms with E-state index in [2.05, 4.69) is 25.9 Å². The lowest BCUT2D eigenvalue weighted by atomic mass is 10.3. The second-order valence-electron chi connectivity index (χ2n) is 2.63. The van der Waals surface area contributed by atoms with Crippen LogP contribution in [0.4, 0.5) is 4.39 Å². The van der Waals surface area contributed by atoms with Gasteiger partial charge in [0.15, 0.2) is 0 Å². The van der Waals surface area contributed by atoms with Crippen molar-refractivity contribution in [3.8, 4) is 0 Å². The van der Waals surface area contributed by atoms with Crippen molar-refractivity contribution >= 4 is 27.0 Å². The van der Waals surface area contributed by atoms with Crippen LogP contribution in [-0.4, -0.2) is 15.1 Å². The Bertz CT molecular complexity index is 416. The van der Waals surface area contributed by atoms with E-state index in [0.717, 1.165) is 0 Å². The summed E-state index contributed by atoms with van der Waals surface area (Å²) < 4.78 is 13.4. The second kappa shape index (κ2) is 3.08. The third kappa shape index (κ3) is 1.45. The molecule has 0 unspecified atom stereocenters. The number of aliphatic hydroxyl groups excluding tert-OH is 1. The Balaban J connectivity index is 2.70. The number of nitrogens with one attached hydrogen (secondary N) is 1. The molecule has 0 atom stereocenters. The molecule has 2 N–H and O–H groups in total. The molecule has 0 saturated carbocycles. The van der Waals surface area contributed by atoms with Gasteiger partial charge >= 0.3 is 0 Å². The zero-order valence-corrected chi connectivity index (χ0v) is 8.10. The zero-order valence-electron chi connectivity index (χ0n) is 6.51. The molecule has 1 aromatic heterocycles. The summed E-state index contributed by atoms with van der Waals surface area (Å²) in [6, 6.07) is 2.91. The topological polar surface area (TPSA) is 48.9 Å². The van der Waals surface area contributed by atoms with Crippen LogP contribution in [0, 0.1) is 5.82 Å². The van der Waals surface area contributed by atoms with Gasteiger partial charge in [0.25, 0.3) is 0 Å². The Kier molecular flexibility index (Phi) is 2.05. The van der Waals surface area contributed by atoms with Gasteiger partial charge in [0.05, 0.1) is 15.5 Å². The van der Waals surface area contributed by atoms with Crippen molar-refractivity contribution in [3.63, 3.8) is 0 Å². The molecular formula is C8H6BrFN2O. The van der Waals surface area contributed by atoms with Crippen molar-refractivity contribution in [1.29, 1.82) is 0 Å². The predicted molar refractivity (Wildman–Crippen MR) is 49.7 cm³/mol. The molecule has 0 radical (unpaired) electrons. The molecular weight excluding hydrogens is 239 g/mol. The molecule has 0 aliphatic carbocycles. The molecule has 1 heterocycles. The van der Waals surface area contributed by atoms with Gasteiger partial charge in [-0.1, -0.05) is 0 Å². The summed E-state index contributed by atoms with van der Waals surface area (Å²) in [5.41, 5.74) is 1.22. The molecule has 13 heavy (non-hydrogen) atoms. The fraction of sp³-hybridized carbons (Fsp3) is 0.125. The lowest BCUT2D eigenvalue weighted by Crippen LogP contribution is -1.83. The maximum atomic E-state index is 13.0. The van der Waals surface area contributed by atoms with Gasteiger partial charge in [-0.25, -0.2) is 9.37 Å². The monoisotopic (exact) mass is 244 g/mol. The molecule has 5 heteroatoms. The van der Waals surface area contributed by atoms with Crippen LogP contribution >= 0.6 is 15.9 Å². The van der Waals surface area contributed by atoms with E-state index in [1.807, 2.05) is 0 Å². The highest BCUT2D eigenvalue weighted by Crippen LogP contribution is 2.21. The third-order valence-electron chi connectivity index (χ3n) is 1.72. The Morgan fingerprint density at radius 2 is 2.31 bits per heavy atom. The predicted octanol–water partition coefficient (Wildman–Crippen LogP) is 1.96. The molecule has 1 aromatic carbocycles. The van der Waals surface area contributed by atoms with E-state index in [4.69, 9.17) is 5.11 Å². The van der Waals surface area contributed by atoms with Crippen LogP contribution in [0.25, 0.3) is 11.0 Å². The number of hydrogen-bond donors (Lipinski definition) is 2. The average molecular weight is 245 g/mol. The molecule has 0 spiro atoms. The number of aliphatic hydroxyl groups is 1. The first-order valence-electron chi connectivity index (χ1n) is 3.65. The molecule has 0 aliphatic heterocycles. The second-order valence-corrected chi connectivity index (χ2v) is 3.48. The maximum Gasteiger partial charge on any atom is 0.139 e. The number of aromatic amines is 1. The first-order chi connectivity index (χ1) is 6.20. The number of aromatic nitrogens is 2. The van der Waals surface area contributed by atoms with Crippen molar-refractivity contribution < 1.29 is 9.50 Å². The van der Waals surface area contributed by atoms with Gasteiger partial charge in [0.2, 0.25) is 0 Å². The number of nitrogens with zero attached hydrogens (tertiary/aromatic N) is 1. The van der Waals surface area contributed by atoms with Crippen LogP contribution in [0.3, 0.4) is 0 Å². The van der Waals surface area contributed by atoms with E-state index in [0.29, 0.717) is 21.3 Å². The number of fused-ring (bicyclic) bond motifs is 1. The molecule has 3 nitrogen and oxygen atoms in total. The fourth-order valence-electron chi connectivity index (χ4n) is 1.13. The highest BCUT2D eigenvalue weighted by Gasteiger charge is 2.05. The van der Waals surface area contributed by atoms with Gasteiger partial charge in [-0.15, -0.1) is 0 Å². The minimum Gasteiger partial charge on any atom is -0.388 e. The van der Waals surface area contributed by atoms with Crippen molar-refractivity contribution in [1.82, 2.24) is 9.97 Å². The first-order valence-corrected chi connectivity index (χ1v) is 4.44. The minimum atomic E-state index is -0.347. The van der Waals surface area contributed by atoms with Crippen molar-refractivity contribution in [3.05, 3.63) is 28.2 Å². The molecule has 2 rings (SSSR count). The number of rotatable bonds is 1. The molecule has 0 amide bonds. The van der Waals surface area contributed by atoms with E-state index < -0.39 is 0 Å². The Labute approximate surface area is 81.7 Å². The molecule has 0 bridgehead atoms. The lowest BCUT2D eigenvalue weighted by molar-refractivity contribution is 0.273. The van der Waals surface area contributed by atoms with Gasteiger partial charge in [-0.3, -0.25) is 0 Å². The highest BCUT2D eigenvalue weighted by molar-refractivity contribution is 9.10. The summed E-state index contributed by atoms with van der Waals surface area (Å²) in [6.45, 7) is -0.173. The van der Waals surface area contributed by atoms with Crippen molar-refractivity contribution in [2.24, 2.45) is 0 Å². The first kappa shape index (κ1) is 8.65. The smallest absolute Gasteiger partial charge is 0.139 e. The number of benzene rings is 1. The van der Waals surface area contributed by atoms with Crippen LogP contribution in [0.1, 0.15) is 5.82 Å². The standard InChI is InChI=1S/C8H6BrFN2O/c9-4-1-6-7(2-5(4)10)12-8(3-13)11-6/h1-2,13H,3H2,(H,11,12). The third-order valence-corrected chi connectivity index (χ3v) is 2.33. The van der Waals surface area contributed by atoms with Crippen molar-refractivity contribution in [2.45, 2.75) is 6.61 Å². The van der Waals surface area contributed by atoms with E-state index in [1.54, 1.807) is 6.07 Å². The van der Waals surface area contributed by atoms with Crippen LogP contribution in [0.15, 0.2) is 16.6 Å². The van der Waals surface area contributed by atoms with E-state index in [1.165, 1.54) is 6.07 Å². The molecule has 68 valence electrons. The summed E-state index contributed by atoms with van der Waals surface area (Å²) in [5.74, 6) is 0.0909. The number of hydrogen-bond acceptors (Lipinski definition) is 2.